The summed E-state index contributed by atoms with van der Waals surface area (Å²) in [6.07, 6.45) is 0. The molecule has 0 saturated carbocycles. The van der Waals surface area contributed by atoms with Crippen molar-refractivity contribution in [1.82, 2.24) is 4.98 Å². The first-order chi connectivity index (χ1) is 6.16. The Morgan fingerprint density at radius 3 is 2.85 bits per heavy atom. The van der Waals surface area contributed by atoms with Crippen molar-refractivity contribution in [2.75, 3.05) is 0 Å². The normalized spacial score (nSPS) is 11.4. The van der Waals surface area contributed by atoms with Crippen LogP contribution in [0.25, 0.3) is 11.1 Å². The van der Waals surface area contributed by atoms with Crippen molar-refractivity contribution in [2.45, 2.75) is 19.8 Å². The van der Waals surface area contributed by atoms with Crippen molar-refractivity contribution < 1.29 is 4.42 Å². The van der Waals surface area contributed by atoms with Gasteiger partial charge in [0.25, 0.3) is 0 Å². The molecule has 0 fully saturated rings. The summed E-state index contributed by atoms with van der Waals surface area (Å²) in [7, 11) is 0. The van der Waals surface area contributed by atoms with E-state index < -0.39 is 0 Å². The highest BCUT2D eigenvalue weighted by Crippen LogP contribution is 2.23. The van der Waals surface area contributed by atoms with Crippen molar-refractivity contribution in [3.63, 3.8) is 0 Å². The minimum Gasteiger partial charge on any atom is -0.440 e. The summed E-state index contributed by atoms with van der Waals surface area (Å²) in [4.78, 5) is 4.32. The van der Waals surface area contributed by atoms with E-state index in [0.29, 0.717) is 10.9 Å². The number of halogens is 1. The van der Waals surface area contributed by atoms with E-state index in [0.717, 1.165) is 17.0 Å². The van der Waals surface area contributed by atoms with E-state index in [4.69, 9.17) is 16.0 Å². The van der Waals surface area contributed by atoms with Gasteiger partial charge in [0.1, 0.15) is 5.52 Å². The van der Waals surface area contributed by atoms with Crippen LogP contribution in [0.3, 0.4) is 0 Å². The molecule has 0 amide bonds. The average molecular weight is 196 g/mol. The molecule has 0 aliphatic rings. The first-order valence-corrected chi connectivity index (χ1v) is 4.60. The minimum absolute atomic E-state index is 0.311. The van der Waals surface area contributed by atoms with Crippen LogP contribution in [0.5, 0.6) is 0 Å². The van der Waals surface area contributed by atoms with Gasteiger partial charge in [-0.2, -0.15) is 0 Å². The summed E-state index contributed by atoms with van der Waals surface area (Å²) < 4.78 is 5.51. The van der Waals surface area contributed by atoms with E-state index in [1.54, 1.807) is 6.07 Å². The number of hydrogen-bond acceptors (Lipinski definition) is 2. The lowest BCUT2D eigenvalue weighted by molar-refractivity contribution is 0.501. The number of aromatic nitrogens is 1. The quantitative estimate of drug-likeness (QED) is 0.695. The molecule has 0 spiro atoms. The maximum atomic E-state index is 5.83. The van der Waals surface area contributed by atoms with Crippen LogP contribution in [-0.2, 0) is 0 Å². The number of benzene rings is 1. The Kier molecular flexibility index (Phi) is 2.00. The standard InChI is InChI=1S/C10H10ClNO/c1-6(2)10-12-8-5-7(11)3-4-9(8)13-10/h3-6H,1-2H3. The Balaban J connectivity index is 2.62. The lowest BCUT2D eigenvalue weighted by Crippen LogP contribution is -1.84. The fourth-order valence-corrected chi connectivity index (χ4v) is 1.33. The summed E-state index contributed by atoms with van der Waals surface area (Å²) in [5, 5.41) is 0.691. The van der Waals surface area contributed by atoms with Crippen molar-refractivity contribution in [2.24, 2.45) is 0 Å². The Bertz CT molecular complexity index is 433. The predicted octanol–water partition coefficient (Wildman–Crippen LogP) is 3.60. The summed E-state index contributed by atoms with van der Waals surface area (Å²) in [5.74, 6) is 1.07. The highest BCUT2D eigenvalue weighted by Gasteiger charge is 2.08. The molecule has 0 aliphatic heterocycles. The molecular formula is C10H10ClNO. The summed E-state index contributed by atoms with van der Waals surface area (Å²) >= 11 is 5.83. The van der Waals surface area contributed by atoms with Gasteiger partial charge in [-0.15, -0.1) is 0 Å². The molecule has 0 aliphatic carbocycles. The number of fused-ring (bicyclic) bond motifs is 1. The minimum atomic E-state index is 0.311. The van der Waals surface area contributed by atoms with Crippen molar-refractivity contribution in [1.29, 1.82) is 0 Å². The lowest BCUT2D eigenvalue weighted by atomic mass is 10.2. The Labute approximate surface area is 81.5 Å². The van der Waals surface area contributed by atoms with E-state index in [1.165, 1.54) is 0 Å². The fraction of sp³-hybridized carbons (Fsp3) is 0.300. The van der Waals surface area contributed by atoms with E-state index in [-0.39, 0.29) is 0 Å². The van der Waals surface area contributed by atoms with Gasteiger partial charge in [-0.3, -0.25) is 0 Å². The second kappa shape index (κ2) is 3.04. The molecule has 2 aromatic rings. The molecule has 1 aromatic heterocycles. The maximum absolute atomic E-state index is 5.83. The lowest BCUT2D eigenvalue weighted by Gasteiger charge is -1.93. The summed E-state index contributed by atoms with van der Waals surface area (Å²) in [6.45, 7) is 4.10. The van der Waals surface area contributed by atoms with Crippen molar-refractivity contribution >= 4 is 22.7 Å². The number of oxazole rings is 1. The van der Waals surface area contributed by atoms with Crippen LogP contribution in [0.2, 0.25) is 5.02 Å². The first-order valence-electron chi connectivity index (χ1n) is 4.23. The molecule has 3 heteroatoms. The van der Waals surface area contributed by atoms with Crippen LogP contribution < -0.4 is 0 Å². The Hall–Kier alpha value is -1.02. The third kappa shape index (κ3) is 1.54. The van der Waals surface area contributed by atoms with Crippen LogP contribution in [0.4, 0.5) is 0 Å². The maximum Gasteiger partial charge on any atom is 0.198 e. The zero-order valence-electron chi connectivity index (χ0n) is 7.54. The van der Waals surface area contributed by atoms with E-state index in [1.807, 2.05) is 26.0 Å². The molecule has 2 nitrogen and oxygen atoms in total. The van der Waals surface area contributed by atoms with Gasteiger partial charge in [-0.1, -0.05) is 25.4 Å². The molecule has 0 radical (unpaired) electrons. The third-order valence-corrected chi connectivity index (χ3v) is 2.10. The second-order valence-corrected chi connectivity index (χ2v) is 3.76. The molecular weight excluding hydrogens is 186 g/mol. The number of nitrogens with zero attached hydrogens (tertiary/aromatic N) is 1. The molecule has 1 aromatic carbocycles. The average Bonchev–Trinajstić information content (AvgIpc) is 2.46. The van der Waals surface area contributed by atoms with Gasteiger partial charge in [-0.25, -0.2) is 4.98 Å². The molecule has 0 N–H and O–H groups in total. The van der Waals surface area contributed by atoms with Gasteiger partial charge in [0.15, 0.2) is 11.5 Å². The molecule has 0 bridgehead atoms. The van der Waals surface area contributed by atoms with Crippen molar-refractivity contribution in [3.8, 4) is 0 Å². The Morgan fingerprint density at radius 2 is 2.15 bits per heavy atom. The first kappa shape index (κ1) is 8.57. The predicted molar refractivity (Wildman–Crippen MR) is 53.1 cm³/mol. The molecule has 68 valence electrons. The van der Waals surface area contributed by atoms with Crippen LogP contribution in [0.1, 0.15) is 25.7 Å². The third-order valence-electron chi connectivity index (χ3n) is 1.86. The van der Waals surface area contributed by atoms with Gasteiger partial charge in [0, 0.05) is 10.9 Å². The van der Waals surface area contributed by atoms with Crippen LogP contribution in [0.15, 0.2) is 22.6 Å². The zero-order valence-corrected chi connectivity index (χ0v) is 8.30. The van der Waals surface area contributed by atoms with Gasteiger partial charge < -0.3 is 4.42 Å². The van der Waals surface area contributed by atoms with Crippen molar-refractivity contribution in [3.05, 3.63) is 29.1 Å². The molecule has 0 saturated heterocycles. The summed E-state index contributed by atoms with van der Waals surface area (Å²) in [6, 6.07) is 5.46. The molecule has 2 rings (SSSR count). The molecule has 0 unspecified atom stereocenters. The molecule has 1 heterocycles. The zero-order chi connectivity index (χ0) is 9.42. The van der Waals surface area contributed by atoms with Gasteiger partial charge >= 0.3 is 0 Å². The van der Waals surface area contributed by atoms with Gasteiger partial charge in [-0.05, 0) is 18.2 Å². The van der Waals surface area contributed by atoms with Crippen LogP contribution >= 0.6 is 11.6 Å². The van der Waals surface area contributed by atoms with Crippen LogP contribution in [0, 0.1) is 0 Å². The topological polar surface area (TPSA) is 26.0 Å². The highest BCUT2D eigenvalue weighted by molar-refractivity contribution is 6.31. The second-order valence-electron chi connectivity index (χ2n) is 3.32. The fourth-order valence-electron chi connectivity index (χ4n) is 1.17. The van der Waals surface area contributed by atoms with E-state index >= 15 is 0 Å². The van der Waals surface area contributed by atoms with E-state index in [2.05, 4.69) is 4.98 Å². The number of hydrogen-bond donors (Lipinski definition) is 0. The van der Waals surface area contributed by atoms with E-state index in [9.17, 15) is 0 Å². The largest absolute Gasteiger partial charge is 0.440 e. The summed E-state index contributed by atoms with van der Waals surface area (Å²) in [5.41, 5.74) is 1.63. The smallest absolute Gasteiger partial charge is 0.198 e. The monoisotopic (exact) mass is 195 g/mol. The van der Waals surface area contributed by atoms with Gasteiger partial charge in [0.05, 0.1) is 0 Å². The molecule has 0 atom stereocenters. The SMILES string of the molecule is CC(C)c1nc2cc(Cl)ccc2o1. The molecule has 13 heavy (non-hydrogen) atoms. The van der Waals surface area contributed by atoms with Crippen LogP contribution in [-0.4, -0.2) is 4.98 Å². The Morgan fingerprint density at radius 1 is 1.38 bits per heavy atom. The highest BCUT2D eigenvalue weighted by atomic mass is 35.5. The van der Waals surface area contributed by atoms with Gasteiger partial charge in [0.2, 0.25) is 0 Å². The number of rotatable bonds is 1.